The summed E-state index contributed by atoms with van der Waals surface area (Å²) < 4.78 is 5.62. The van der Waals surface area contributed by atoms with Crippen LogP contribution in [-0.2, 0) is 4.79 Å². The van der Waals surface area contributed by atoms with E-state index in [-0.39, 0.29) is 17.1 Å². The van der Waals surface area contributed by atoms with E-state index in [4.69, 9.17) is 9.57 Å². The van der Waals surface area contributed by atoms with Crippen molar-refractivity contribution >= 4 is 12.0 Å². The molecule has 1 unspecified atom stereocenters. The van der Waals surface area contributed by atoms with Gasteiger partial charge >= 0.3 is 5.97 Å². The van der Waals surface area contributed by atoms with E-state index in [9.17, 15) is 25.2 Å². The van der Waals surface area contributed by atoms with Crippen LogP contribution in [0.5, 0.6) is 23.3 Å². The third-order valence-corrected chi connectivity index (χ3v) is 3.02. The highest BCUT2D eigenvalue weighted by molar-refractivity contribution is 5.96. The van der Waals surface area contributed by atoms with E-state index < -0.39 is 24.0 Å². The number of fused-ring (bicyclic) bond motifs is 1. The average molecular weight is 305 g/mol. The topological polar surface area (TPSA) is 121 Å². The number of aliphatic hydroxyl groups is 1. The number of ether oxygens (including phenoxy) is 1. The zero-order valence-electron chi connectivity index (χ0n) is 11.0. The summed E-state index contributed by atoms with van der Waals surface area (Å²) in [6.45, 7) is 0. The van der Waals surface area contributed by atoms with Crippen LogP contribution < -0.4 is 9.57 Å². The molecule has 0 fully saturated rings. The Morgan fingerprint density at radius 3 is 2.50 bits per heavy atom. The smallest absolute Gasteiger partial charge is 0.366 e. The number of aromatic nitrogens is 1. The maximum Gasteiger partial charge on any atom is 0.366 e. The first-order chi connectivity index (χ1) is 10.5. The van der Waals surface area contributed by atoms with Gasteiger partial charge < -0.3 is 30.0 Å². The Labute approximate surface area is 123 Å². The summed E-state index contributed by atoms with van der Waals surface area (Å²) >= 11 is 0. The monoisotopic (exact) mass is 305 g/mol. The highest BCUT2D eigenvalue weighted by atomic mass is 16.7. The second-order valence-electron chi connectivity index (χ2n) is 4.51. The zero-order chi connectivity index (χ0) is 15.9. The molecule has 2 aromatic rings. The molecule has 1 aliphatic heterocycles. The second-order valence-corrected chi connectivity index (χ2v) is 4.51. The Kier molecular flexibility index (Phi) is 3.15. The van der Waals surface area contributed by atoms with Gasteiger partial charge in [-0.1, -0.05) is 0 Å². The van der Waals surface area contributed by atoms with Crippen LogP contribution in [-0.4, -0.2) is 37.4 Å². The van der Waals surface area contributed by atoms with Crippen LogP contribution >= 0.6 is 0 Å². The minimum absolute atomic E-state index is 0.0486. The highest BCUT2D eigenvalue weighted by Gasteiger charge is 2.29. The summed E-state index contributed by atoms with van der Waals surface area (Å²) in [4.78, 5) is 16.8. The Balaban J connectivity index is 1.90. The fourth-order valence-corrected chi connectivity index (χ4v) is 1.96. The first-order valence-electron chi connectivity index (χ1n) is 6.17. The van der Waals surface area contributed by atoms with Gasteiger partial charge in [0.15, 0.2) is 0 Å². The molecule has 1 aliphatic rings. The minimum atomic E-state index is -1.61. The Hall–Kier alpha value is -3.13. The number of hydrogen-bond donors (Lipinski definition) is 4. The third-order valence-electron chi connectivity index (χ3n) is 3.02. The van der Waals surface area contributed by atoms with Gasteiger partial charge in [0.05, 0.1) is 0 Å². The number of phenols is 1. The van der Waals surface area contributed by atoms with Crippen molar-refractivity contribution in [1.82, 2.24) is 4.73 Å². The number of hydrogen-bond acceptors (Lipinski definition) is 7. The van der Waals surface area contributed by atoms with Crippen molar-refractivity contribution in [3.63, 3.8) is 0 Å². The van der Waals surface area contributed by atoms with E-state index >= 15 is 0 Å². The maximum atomic E-state index is 12.0. The van der Waals surface area contributed by atoms with Crippen LogP contribution in [0.25, 0.3) is 6.08 Å². The number of aromatic hydroxyl groups is 3. The molecule has 4 N–H and O–H groups in total. The summed E-state index contributed by atoms with van der Waals surface area (Å²) in [5, 5.41) is 38.0. The maximum absolute atomic E-state index is 12.0. The van der Waals surface area contributed by atoms with E-state index in [0.717, 1.165) is 12.1 Å². The molecular weight excluding hydrogens is 294 g/mol. The van der Waals surface area contributed by atoms with Crippen molar-refractivity contribution in [3.05, 3.63) is 41.5 Å². The predicted octanol–water partition coefficient (Wildman–Crippen LogP) is 0.354. The molecule has 1 atom stereocenters. The molecule has 1 aromatic carbocycles. The normalized spacial score (nSPS) is 16.4. The summed E-state index contributed by atoms with van der Waals surface area (Å²) in [5.74, 6) is -1.83. The van der Waals surface area contributed by atoms with E-state index in [1.807, 2.05) is 0 Å². The van der Waals surface area contributed by atoms with Gasteiger partial charge in [0.25, 0.3) is 0 Å². The molecule has 22 heavy (non-hydrogen) atoms. The number of carbonyl (C=O) groups is 1. The van der Waals surface area contributed by atoms with Gasteiger partial charge in [0.2, 0.25) is 18.1 Å². The van der Waals surface area contributed by atoms with Gasteiger partial charge in [0.1, 0.15) is 17.1 Å². The molecule has 0 saturated carbocycles. The quantitative estimate of drug-likeness (QED) is 0.631. The molecule has 0 spiro atoms. The third kappa shape index (κ3) is 2.31. The minimum Gasteiger partial charge on any atom is -0.508 e. The van der Waals surface area contributed by atoms with Crippen molar-refractivity contribution in [3.8, 4) is 23.3 Å². The van der Waals surface area contributed by atoms with Crippen molar-refractivity contribution in [2.45, 2.75) is 6.29 Å². The van der Waals surface area contributed by atoms with E-state index in [1.165, 1.54) is 24.3 Å². The summed E-state index contributed by atoms with van der Waals surface area (Å²) in [6.07, 6.45) is -0.287. The second kappa shape index (κ2) is 5.01. The Bertz CT molecular complexity index is 758. The lowest BCUT2D eigenvalue weighted by atomic mass is 10.1. The number of rotatable bonds is 2. The lowest BCUT2D eigenvalue weighted by molar-refractivity contribution is -0.144. The molecule has 2 heterocycles. The van der Waals surface area contributed by atoms with Crippen molar-refractivity contribution in [1.29, 1.82) is 0 Å². The van der Waals surface area contributed by atoms with Gasteiger partial charge in [-0.2, -0.15) is 0 Å². The first-order valence-corrected chi connectivity index (χ1v) is 6.17. The van der Waals surface area contributed by atoms with Crippen LogP contribution in [0.15, 0.2) is 35.9 Å². The Morgan fingerprint density at radius 1 is 1.14 bits per heavy atom. The lowest BCUT2D eigenvalue weighted by Crippen LogP contribution is -2.32. The number of benzene rings is 1. The molecule has 0 saturated heterocycles. The Morgan fingerprint density at radius 2 is 1.82 bits per heavy atom. The summed E-state index contributed by atoms with van der Waals surface area (Å²) in [5.41, 5.74) is 0.224. The first kappa shape index (κ1) is 13.8. The standard InChI is InChI=1S/C14H11NO7/c16-8-2-1-7-5-9(13(19)21-10(7)6-8)14(20)22-15-11(17)3-4-12(15)18/h1-6,13,16-19H. The molecule has 3 rings (SSSR count). The fourth-order valence-electron chi connectivity index (χ4n) is 1.96. The molecule has 114 valence electrons. The molecule has 1 aromatic heterocycles. The molecule has 0 aliphatic carbocycles. The van der Waals surface area contributed by atoms with Crippen LogP contribution in [0, 0.1) is 0 Å². The van der Waals surface area contributed by atoms with Crippen LogP contribution in [0.3, 0.4) is 0 Å². The molecule has 8 heteroatoms. The van der Waals surface area contributed by atoms with Crippen molar-refractivity contribution in [2.75, 3.05) is 0 Å². The van der Waals surface area contributed by atoms with E-state index in [2.05, 4.69) is 0 Å². The molecule has 8 nitrogen and oxygen atoms in total. The van der Waals surface area contributed by atoms with Crippen molar-refractivity contribution < 1.29 is 34.8 Å². The lowest BCUT2D eigenvalue weighted by Gasteiger charge is -2.22. The largest absolute Gasteiger partial charge is 0.508 e. The fraction of sp³-hybridized carbons (Fsp3) is 0.0714. The van der Waals surface area contributed by atoms with Gasteiger partial charge in [-0.3, -0.25) is 0 Å². The molecule has 0 amide bonds. The molecule has 0 radical (unpaired) electrons. The summed E-state index contributed by atoms with van der Waals surface area (Å²) in [7, 11) is 0. The number of aliphatic hydroxyl groups excluding tert-OH is 1. The van der Waals surface area contributed by atoms with E-state index in [1.54, 1.807) is 0 Å². The highest BCUT2D eigenvalue weighted by Crippen LogP contribution is 2.32. The number of phenolic OH excluding ortho intramolecular Hbond substituents is 1. The van der Waals surface area contributed by atoms with Crippen LogP contribution in [0.1, 0.15) is 5.56 Å². The number of nitrogens with zero attached hydrogens (tertiary/aromatic N) is 1. The van der Waals surface area contributed by atoms with E-state index in [0.29, 0.717) is 10.3 Å². The average Bonchev–Trinajstić information content (AvgIpc) is 2.78. The van der Waals surface area contributed by atoms with Gasteiger partial charge in [-0.05, 0) is 18.2 Å². The molecular formula is C14H11NO7. The number of carbonyl (C=O) groups excluding carboxylic acids is 1. The van der Waals surface area contributed by atoms with Crippen molar-refractivity contribution in [2.24, 2.45) is 0 Å². The van der Waals surface area contributed by atoms with Gasteiger partial charge in [-0.15, -0.1) is 4.73 Å². The van der Waals surface area contributed by atoms with Gasteiger partial charge in [0, 0.05) is 23.8 Å². The van der Waals surface area contributed by atoms with Crippen LogP contribution in [0.4, 0.5) is 0 Å². The van der Waals surface area contributed by atoms with Gasteiger partial charge in [-0.25, -0.2) is 4.79 Å². The molecule has 0 bridgehead atoms. The van der Waals surface area contributed by atoms with Crippen LogP contribution in [0.2, 0.25) is 0 Å². The SMILES string of the molecule is O=C(On1c(O)ccc1O)C1=Cc2ccc(O)cc2OC1O. The summed E-state index contributed by atoms with van der Waals surface area (Å²) in [6, 6.07) is 6.43. The zero-order valence-corrected chi connectivity index (χ0v) is 11.0. The predicted molar refractivity (Wildman–Crippen MR) is 72.1 cm³/mol.